The lowest BCUT2D eigenvalue weighted by atomic mass is 9.94. The fourth-order valence-corrected chi connectivity index (χ4v) is 2.52. The quantitative estimate of drug-likeness (QED) is 0.655. The Morgan fingerprint density at radius 1 is 1.26 bits per heavy atom. The van der Waals surface area contributed by atoms with Crippen LogP contribution in [0, 0.1) is 0 Å². The molecule has 6 nitrogen and oxygen atoms in total. The number of amides is 3. The Hall–Kier alpha value is -1.14. The molecule has 19 heavy (non-hydrogen) atoms. The van der Waals surface area contributed by atoms with Gasteiger partial charge in [0.2, 0.25) is 5.91 Å². The standard InChI is InChI=1S/C13H25N3O3/c1-2-14-13(19)15-12(18)10-16(8-9-17)11-6-4-3-5-7-11/h11,17H,2-10H2,1H3,(H2,14,15,18,19). The van der Waals surface area contributed by atoms with Gasteiger partial charge in [-0.3, -0.25) is 15.0 Å². The molecule has 0 unspecified atom stereocenters. The summed E-state index contributed by atoms with van der Waals surface area (Å²) in [5.74, 6) is -0.315. The summed E-state index contributed by atoms with van der Waals surface area (Å²) in [7, 11) is 0. The van der Waals surface area contributed by atoms with E-state index in [1.165, 1.54) is 19.3 Å². The Morgan fingerprint density at radius 2 is 1.95 bits per heavy atom. The summed E-state index contributed by atoms with van der Waals surface area (Å²) in [5, 5.41) is 13.9. The molecule has 1 aliphatic carbocycles. The molecule has 0 aromatic rings. The van der Waals surface area contributed by atoms with Crippen molar-refractivity contribution in [1.82, 2.24) is 15.5 Å². The molecule has 6 heteroatoms. The Bertz CT molecular complexity index is 291. The van der Waals surface area contributed by atoms with Crippen molar-refractivity contribution in [3.63, 3.8) is 0 Å². The SMILES string of the molecule is CCNC(=O)NC(=O)CN(CCO)C1CCCCC1. The molecular weight excluding hydrogens is 246 g/mol. The first-order valence-corrected chi connectivity index (χ1v) is 7.10. The summed E-state index contributed by atoms with van der Waals surface area (Å²) in [4.78, 5) is 25.0. The molecular formula is C13H25N3O3. The predicted molar refractivity (Wildman–Crippen MR) is 72.7 cm³/mol. The first-order chi connectivity index (χ1) is 9.17. The van der Waals surface area contributed by atoms with Crippen molar-refractivity contribution >= 4 is 11.9 Å². The van der Waals surface area contributed by atoms with E-state index in [2.05, 4.69) is 10.6 Å². The molecule has 0 spiro atoms. The summed E-state index contributed by atoms with van der Waals surface area (Å²) in [6, 6.07) is -0.110. The molecule has 0 bridgehead atoms. The van der Waals surface area contributed by atoms with E-state index in [1.54, 1.807) is 6.92 Å². The van der Waals surface area contributed by atoms with E-state index in [9.17, 15) is 9.59 Å². The van der Waals surface area contributed by atoms with Gasteiger partial charge >= 0.3 is 6.03 Å². The van der Waals surface area contributed by atoms with E-state index < -0.39 is 6.03 Å². The van der Waals surface area contributed by atoms with Crippen molar-refractivity contribution in [2.45, 2.75) is 45.1 Å². The molecule has 1 aliphatic rings. The Labute approximate surface area is 114 Å². The summed E-state index contributed by atoms with van der Waals surface area (Å²) in [6.45, 7) is 2.97. The number of carbonyl (C=O) groups is 2. The molecule has 0 saturated heterocycles. The van der Waals surface area contributed by atoms with Crippen LogP contribution in [0.5, 0.6) is 0 Å². The number of imide groups is 1. The van der Waals surface area contributed by atoms with Gasteiger partial charge in [-0.1, -0.05) is 19.3 Å². The van der Waals surface area contributed by atoms with Crippen LogP contribution < -0.4 is 10.6 Å². The zero-order chi connectivity index (χ0) is 14.1. The van der Waals surface area contributed by atoms with Gasteiger partial charge in [-0.25, -0.2) is 4.79 Å². The topological polar surface area (TPSA) is 81.7 Å². The van der Waals surface area contributed by atoms with Crippen LogP contribution in [0.15, 0.2) is 0 Å². The molecule has 3 N–H and O–H groups in total. The highest BCUT2D eigenvalue weighted by Crippen LogP contribution is 2.22. The fourth-order valence-electron chi connectivity index (χ4n) is 2.52. The van der Waals surface area contributed by atoms with Crippen LogP contribution in [0.2, 0.25) is 0 Å². The zero-order valence-electron chi connectivity index (χ0n) is 11.7. The fraction of sp³-hybridized carbons (Fsp3) is 0.846. The van der Waals surface area contributed by atoms with Gasteiger partial charge in [-0.2, -0.15) is 0 Å². The van der Waals surface area contributed by atoms with Crippen LogP contribution in [0.4, 0.5) is 4.79 Å². The maximum atomic E-state index is 11.8. The normalized spacial score (nSPS) is 16.4. The highest BCUT2D eigenvalue weighted by Gasteiger charge is 2.23. The van der Waals surface area contributed by atoms with E-state index in [0.717, 1.165) is 12.8 Å². The van der Waals surface area contributed by atoms with Gasteiger partial charge in [0.15, 0.2) is 0 Å². The lowest BCUT2D eigenvalue weighted by Gasteiger charge is -2.33. The Balaban J connectivity index is 2.42. The van der Waals surface area contributed by atoms with Crippen LogP contribution in [0.25, 0.3) is 0 Å². The van der Waals surface area contributed by atoms with Crippen molar-refractivity contribution in [2.24, 2.45) is 0 Å². The van der Waals surface area contributed by atoms with Crippen LogP contribution in [0.1, 0.15) is 39.0 Å². The number of nitrogens with zero attached hydrogens (tertiary/aromatic N) is 1. The second kappa shape index (κ2) is 8.87. The minimum Gasteiger partial charge on any atom is -0.395 e. The van der Waals surface area contributed by atoms with Crippen molar-refractivity contribution in [2.75, 3.05) is 26.2 Å². The average Bonchev–Trinajstić information content (AvgIpc) is 2.39. The second-order valence-electron chi connectivity index (χ2n) is 4.89. The van der Waals surface area contributed by atoms with Gasteiger partial charge < -0.3 is 10.4 Å². The smallest absolute Gasteiger partial charge is 0.321 e. The molecule has 110 valence electrons. The third-order valence-electron chi connectivity index (χ3n) is 3.42. The average molecular weight is 271 g/mol. The van der Waals surface area contributed by atoms with Gasteiger partial charge in [0, 0.05) is 19.1 Å². The lowest BCUT2D eigenvalue weighted by molar-refractivity contribution is -0.122. The number of hydrogen-bond acceptors (Lipinski definition) is 4. The van der Waals surface area contributed by atoms with Crippen LogP contribution in [-0.4, -0.2) is 54.2 Å². The second-order valence-corrected chi connectivity index (χ2v) is 4.89. The lowest BCUT2D eigenvalue weighted by Crippen LogP contribution is -2.48. The van der Waals surface area contributed by atoms with Gasteiger partial charge in [-0.05, 0) is 19.8 Å². The third kappa shape index (κ3) is 6.02. The number of carbonyl (C=O) groups excluding carboxylic acids is 2. The number of rotatable bonds is 6. The largest absolute Gasteiger partial charge is 0.395 e. The van der Waals surface area contributed by atoms with E-state index in [1.807, 2.05) is 4.90 Å². The highest BCUT2D eigenvalue weighted by molar-refractivity contribution is 5.95. The Kier molecular flexibility index (Phi) is 7.43. The molecule has 3 amide bonds. The van der Waals surface area contributed by atoms with Crippen molar-refractivity contribution in [3.8, 4) is 0 Å². The van der Waals surface area contributed by atoms with Crippen LogP contribution in [-0.2, 0) is 4.79 Å². The summed E-state index contributed by atoms with van der Waals surface area (Å²) < 4.78 is 0. The van der Waals surface area contributed by atoms with Crippen molar-refractivity contribution in [1.29, 1.82) is 0 Å². The van der Waals surface area contributed by atoms with Gasteiger partial charge in [0.1, 0.15) is 0 Å². The van der Waals surface area contributed by atoms with E-state index in [0.29, 0.717) is 19.1 Å². The molecule has 0 radical (unpaired) electrons. The van der Waals surface area contributed by atoms with Gasteiger partial charge in [0.05, 0.1) is 13.2 Å². The Morgan fingerprint density at radius 3 is 2.53 bits per heavy atom. The monoisotopic (exact) mass is 271 g/mol. The minimum atomic E-state index is -0.458. The molecule has 0 aliphatic heterocycles. The highest BCUT2D eigenvalue weighted by atomic mass is 16.3. The van der Waals surface area contributed by atoms with Crippen molar-refractivity contribution in [3.05, 3.63) is 0 Å². The predicted octanol–water partition coefficient (Wildman–Crippen LogP) is 0.459. The first kappa shape index (κ1) is 15.9. The zero-order valence-corrected chi connectivity index (χ0v) is 11.7. The van der Waals surface area contributed by atoms with Gasteiger partial charge in [0.25, 0.3) is 0 Å². The number of aliphatic hydroxyl groups is 1. The maximum absolute atomic E-state index is 11.8. The van der Waals surface area contributed by atoms with E-state index in [4.69, 9.17) is 5.11 Å². The third-order valence-corrected chi connectivity index (χ3v) is 3.42. The molecule has 0 aromatic carbocycles. The van der Waals surface area contributed by atoms with Crippen LogP contribution >= 0.6 is 0 Å². The summed E-state index contributed by atoms with van der Waals surface area (Å²) >= 11 is 0. The van der Waals surface area contributed by atoms with E-state index >= 15 is 0 Å². The maximum Gasteiger partial charge on any atom is 0.321 e. The van der Waals surface area contributed by atoms with Crippen molar-refractivity contribution < 1.29 is 14.7 Å². The molecule has 1 fully saturated rings. The molecule has 1 rings (SSSR count). The summed E-state index contributed by atoms with van der Waals surface area (Å²) in [5.41, 5.74) is 0. The number of urea groups is 1. The number of nitrogens with one attached hydrogen (secondary N) is 2. The molecule has 1 saturated carbocycles. The molecule has 0 aromatic heterocycles. The molecule has 0 heterocycles. The summed E-state index contributed by atoms with van der Waals surface area (Å²) in [6.07, 6.45) is 5.71. The van der Waals surface area contributed by atoms with Gasteiger partial charge in [-0.15, -0.1) is 0 Å². The number of aliphatic hydroxyl groups excluding tert-OH is 1. The molecule has 0 atom stereocenters. The van der Waals surface area contributed by atoms with Crippen LogP contribution in [0.3, 0.4) is 0 Å². The van der Waals surface area contributed by atoms with E-state index in [-0.39, 0.29) is 19.1 Å². The first-order valence-electron chi connectivity index (χ1n) is 7.10. The minimum absolute atomic E-state index is 0.0327. The number of hydrogen-bond donors (Lipinski definition) is 3.